The van der Waals surface area contributed by atoms with Crippen LogP contribution in [0.15, 0.2) is 0 Å². The van der Waals surface area contributed by atoms with Gasteiger partial charge in [0.2, 0.25) is 0 Å². The highest BCUT2D eigenvalue weighted by molar-refractivity contribution is 7.98. The maximum atomic E-state index is 5.37. The summed E-state index contributed by atoms with van der Waals surface area (Å²) in [4.78, 5) is 0. The van der Waals surface area contributed by atoms with Gasteiger partial charge in [-0.15, -0.1) is 11.8 Å². The molecule has 0 heterocycles. The molecule has 0 saturated carbocycles. The van der Waals surface area contributed by atoms with Gasteiger partial charge < -0.3 is 19.5 Å². The number of hydrogen-bond acceptors (Lipinski definition) is 5. The molecule has 0 aliphatic carbocycles. The van der Waals surface area contributed by atoms with Crippen molar-refractivity contribution in [3.63, 3.8) is 0 Å². The minimum atomic E-state index is 0.280. The standard InChI is InChI=1S/C11H25NO3S/c1-11(2)15-9-8-14-7-6-13-5-4-12-10-16-3/h11-12H,4-10H2,1-3H3. The largest absolute Gasteiger partial charge is 0.378 e. The lowest BCUT2D eigenvalue weighted by Crippen LogP contribution is -2.20. The maximum absolute atomic E-state index is 5.37. The van der Waals surface area contributed by atoms with Gasteiger partial charge in [0.25, 0.3) is 0 Å². The molecule has 0 aromatic heterocycles. The third-order valence-electron chi connectivity index (χ3n) is 1.72. The van der Waals surface area contributed by atoms with Crippen LogP contribution in [0.25, 0.3) is 0 Å². The van der Waals surface area contributed by atoms with E-state index in [-0.39, 0.29) is 6.10 Å². The number of hydrogen-bond donors (Lipinski definition) is 1. The van der Waals surface area contributed by atoms with Gasteiger partial charge in [0.1, 0.15) is 0 Å². The molecule has 0 saturated heterocycles. The molecule has 0 rings (SSSR count). The molecule has 0 atom stereocenters. The second-order valence-electron chi connectivity index (χ2n) is 3.58. The van der Waals surface area contributed by atoms with Gasteiger partial charge in [-0.25, -0.2) is 0 Å². The topological polar surface area (TPSA) is 39.7 Å². The van der Waals surface area contributed by atoms with Gasteiger partial charge in [-0.1, -0.05) is 0 Å². The molecule has 0 fully saturated rings. The summed E-state index contributed by atoms with van der Waals surface area (Å²) in [5.74, 6) is 0.979. The lowest BCUT2D eigenvalue weighted by atomic mass is 10.5. The number of thioether (sulfide) groups is 1. The van der Waals surface area contributed by atoms with E-state index in [9.17, 15) is 0 Å². The first kappa shape index (κ1) is 16.2. The zero-order valence-corrected chi connectivity index (χ0v) is 11.5. The number of rotatable bonds is 12. The van der Waals surface area contributed by atoms with Gasteiger partial charge in [0.05, 0.1) is 39.1 Å². The highest BCUT2D eigenvalue weighted by Crippen LogP contribution is 1.87. The molecule has 5 heteroatoms. The van der Waals surface area contributed by atoms with Crippen LogP contribution in [0.5, 0.6) is 0 Å². The first-order valence-corrected chi connectivity index (χ1v) is 7.13. The van der Waals surface area contributed by atoms with Crippen LogP contribution in [0.2, 0.25) is 0 Å². The van der Waals surface area contributed by atoms with Crippen LogP contribution in [0.3, 0.4) is 0 Å². The van der Waals surface area contributed by atoms with Gasteiger partial charge in [0.15, 0.2) is 0 Å². The second-order valence-corrected chi connectivity index (χ2v) is 4.44. The van der Waals surface area contributed by atoms with Crippen LogP contribution in [0.1, 0.15) is 13.8 Å². The van der Waals surface area contributed by atoms with Gasteiger partial charge >= 0.3 is 0 Å². The molecule has 0 radical (unpaired) electrons. The summed E-state index contributed by atoms with van der Waals surface area (Å²) in [6, 6.07) is 0. The molecule has 1 N–H and O–H groups in total. The average Bonchev–Trinajstić information content (AvgIpc) is 2.25. The molecule has 0 amide bonds. The molecule has 0 aromatic carbocycles. The molecular formula is C11H25NO3S. The predicted octanol–water partition coefficient (Wildman–Crippen LogP) is 1.35. The van der Waals surface area contributed by atoms with Crippen molar-refractivity contribution >= 4 is 11.8 Å². The minimum Gasteiger partial charge on any atom is -0.378 e. The fraction of sp³-hybridized carbons (Fsp3) is 1.00. The average molecular weight is 251 g/mol. The summed E-state index contributed by atoms with van der Waals surface area (Å²) in [6.07, 6.45) is 2.35. The fourth-order valence-electron chi connectivity index (χ4n) is 0.983. The Morgan fingerprint density at radius 1 is 1.00 bits per heavy atom. The van der Waals surface area contributed by atoms with Crippen LogP contribution in [0, 0.1) is 0 Å². The Labute approximate surface area is 103 Å². The quantitative estimate of drug-likeness (QED) is 0.419. The molecule has 0 aliphatic rings. The maximum Gasteiger partial charge on any atom is 0.0703 e. The Morgan fingerprint density at radius 2 is 1.62 bits per heavy atom. The van der Waals surface area contributed by atoms with Gasteiger partial charge in [-0.2, -0.15) is 0 Å². The van der Waals surface area contributed by atoms with Crippen molar-refractivity contribution in [2.45, 2.75) is 20.0 Å². The fourth-order valence-corrected chi connectivity index (χ4v) is 1.33. The highest BCUT2D eigenvalue weighted by atomic mass is 32.2. The van der Waals surface area contributed by atoms with E-state index < -0.39 is 0 Å². The molecule has 0 spiro atoms. The van der Waals surface area contributed by atoms with Crippen molar-refractivity contribution in [3.05, 3.63) is 0 Å². The van der Waals surface area contributed by atoms with Gasteiger partial charge in [-0.05, 0) is 20.1 Å². The Hall–Kier alpha value is 0.190. The molecule has 4 nitrogen and oxygen atoms in total. The van der Waals surface area contributed by atoms with E-state index in [1.54, 1.807) is 11.8 Å². The summed E-state index contributed by atoms with van der Waals surface area (Å²) in [5.41, 5.74) is 0. The molecule has 16 heavy (non-hydrogen) atoms. The number of nitrogens with one attached hydrogen (secondary N) is 1. The Morgan fingerprint density at radius 3 is 2.25 bits per heavy atom. The van der Waals surface area contributed by atoms with E-state index >= 15 is 0 Å². The first-order valence-electron chi connectivity index (χ1n) is 5.74. The molecule has 98 valence electrons. The van der Waals surface area contributed by atoms with E-state index in [4.69, 9.17) is 14.2 Å². The normalized spacial score (nSPS) is 11.2. The Balaban J connectivity index is 2.88. The lowest BCUT2D eigenvalue weighted by Gasteiger charge is -2.08. The molecule has 0 aromatic rings. The number of ether oxygens (including phenoxy) is 3. The minimum absolute atomic E-state index is 0.280. The third-order valence-corrected chi connectivity index (χ3v) is 2.21. The van der Waals surface area contributed by atoms with Crippen molar-refractivity contribution < 1.29 is 14.2 Å². The SMILES string of the molecule is CSCNCCOCCOCCOC(C)C. The van der Waals surface area contributed by atoms with E-state index in [0.29, 0.717) is 26.4 Å². The van der Waals surface area contributed by atoms with E-state index in [1.807, 2.05) is 13.8 Å². The summed E-state index contributed by atoms with van der Waals surface area (Å²) in [7, 11) is 0. The smallest absolute Gasteiger partial charge is 0.0703 e. The van der Waals surface area contributed by atoms with E-state index in [0.717, 1.165) is 19.0 Å². The predicted molar refractivity (Wildman–Crippen MR) is 69.1 cm³/mol. The third kappa shape index (κ3) is 14.2. The Kier molecular flexibility index (Phi) is 13.4. The summed E-state index contributed by atoms with van der Waals surface area (Å²) < 4.78 is 16.0. The zero-order valence-electron chi connectivity index (χ0n) is 10.7. The van der Waals surface area contributed by atoms with E-state index in [1.165, 1.54) is 0 Å². The van der Waals surface area contributed by atoms with Crippen molar-refractivity contribution in [2.75, 3.05) is 51.7 Å². The molecule has 0 unspecified atom stereocenters. The van der Waals surface area contributed by atoms with Crippen molar-refractivity contribution in [1.29, 1.82) is 0 Å². The zero-order chi connectivity index (χ0) is 12.1. The van der Waals surface area contributed by atoms with Crippen LogP contribution in [-0.2, 0) is 14.2 Å². The summed E-state index contributed by atoms with van der Waals surface area (Å²) in [5, 5.41) is 3.24. The lowest BCUT2D eigenvalue weighted by molar-refractivity contribution is -0.000946. The van der Waals surface area contributed by atoms with Crippen molar-refractivity contribution in [2.24, 2.45) is 0 Å². The van der Waals surface area contributed by atoms with Crippen molar-refractivity contribution in [1.82, 2.24) is 5.32 Å². The van der Waals surface area contributed by atoms with Crippen molar-refractivity contribution in [3.8, 4) is 0 Å². The second kappa shape index (κ2) is 13.3. The highest BCUT2D eigenvalue weighted by Gasteiger charge is 1.93. The molecule has 0 aliphatic heterocycles. The van der Waals surface area contributed by atoms with Crippen LogP contribution < -0.4 is 5.32 Å². The monoisotopic (exact) mass is 251 g/mol. The molecular weight excluding hydrogens is 226 g/mol. The summed E-state index contributed by atoms with van der Waals surface area (Å²) in [6.45, 7) is 8.28. The van der Waals surface area contributed by atoms with Crippen LogP contribution >= 0.6 is 11.8 Å². The van der Waals surface area contributed by atoms with Gasteiger partial charge in [0, 0.05) is 12.4 Å². The van der Waals surface area contributed by atoms with Gasteiger partial charge in [-0.3, -0.25) is 0 Å². The molecule has 0 bridgehead atoms. The summed E-state index contributed by atoms with van der Waals surface area (Å²) >= 11 is 1.78. The van der Waals surface area contributed by atoms with E-state index in [2.05, 4.69) is 11.6 Å². The first-order chi connectivity index (χ1) is 7.77. The van der Waals surface area contributed by atoms with Crippen LogP contribution in [-0.4, -0.2) is 57.8 Å². The Bertz CT molecular complexity index is 136. The van der Waals surface area contributed by atoms with Crippen LogP contribution in [0.4, 0.5) is 0 Å².